The van der Waals surface area contributed by atoms with Crippen molar-refractivity contribution in [3.63, 3.8) is 0 Å². The second-order valence-electron chi connectivity index (χ2n) is 5.27. The molecule has 17 heavy (non-hydrogen) atoms. The van der Waals surface area contributed by atoms with Crippen molar-refractivity contribution in [3.05, 3.63) is 0 Å². The predicted molar refractivity (Wildman–Crippen MR) is 74.3 cm³/mol. The lowest BCUT2D eigenvalue weighted by molar-refractivity contribution is -0.134. The van der Waals surface area contributed by atoms with Gasteiger partial charge in [-0.15, -0.1) is 12.4 Å². The minimum absolute atomic E-state index is 0. The van der Waals surface area contributed by atoms with Crippen LogP contribution in [0.15, 0.2) is 0 Å². The average molecular weight is 263 g/mol. The summed E-state index contributed by atoms with van der Waals surface area (Å²) in [7, 11) is 0. The molecule has 0 bridgehead atoms. The molecule has 0 unspecified atom stereocenters. The van der Waals surface area contributed by atoms with Crippen LogP contribution in [-0.2, 0) is 4.79 Å². The first-order valence-corrected chi connectivity index (χ1v) is 6.64. The van der Waals surface area contributed by atoms with Crippen molar-refractivity contribution >= 4 is 18.3 Å². The van der Waals surface area contributed by atoms with Gasteiger partial charge in [-0.05, 0) is 18.8 Å². The molecule has 1 fully saturated rings. The van der Waals surface area contributed by atoms with Crippen LogP contribution >= 0.6 is 12.4 Å². The van der Waals surface area contributed by atoms with Crippen molar-refractivity contribution in [1.29, 1.82) is 0 Å². The predicted octanol–water partition coefficient (Wildman–Crippen LogP) is 2.57. The number of carbonyl (C=O) groups excluding carboxylic acids is 1. The Morgan fingerprint density at radius 2 is 1.88 bits per heavy atom. The van der Waals surface area contributed by atoms with Crippen LogP contribution in [0.5, 0.6) is 0 Å². The van der Waals surface area contributed by atoms with Crippen LogP contribution in [0.25, 0.3) is 0 Å². The SMILES string of the molecule is CC(C)CN(C(=O)CCN)C1CCCCC1.Cl. The molecule has 1 aliphatic rings. The summed E-state index contributed by atoms with van der Waals surface area (Å²) in [6, 6.07) is 0.482. The van der Waals surface area contributed by atoms with Crippen LogP contribution < -0.4 is 5.73 Å². The van der Waals surface area contributed by atoms with Crippen LogP contribution in [0.4, 0.5) is 0 Å². The summed E-state index contributed by atoms with van der Waals surface area (Å²) in [6.45, 7) is 5.71. The summed E-state index contributed by atoms with van der Waals surface area (Å²) in [5, 5.41) is 0. The maximum Gasteiger partial charge on any atom is 0.224 e. The first-order chi connectivity index (χ1) is 7.65. The van der Waals surface area contributed by atoms with Gasteiger partial charge < -0.3 is 10.6 Å². The molecule has 0 aromatic heterocycles. The minimum atomic E-state index is 0. The molecule has 1 saturated carbocycles. The molecule has 0 heterocycles. The van der Waals surface area contributed by atoms with Gasteiger partial charge in [-0.2, -0.15) is 0 Å². The maximum absolute atomic E-state index is 12.0. The lowest BCUT2D eigenvalue weighted by Crippen LogP contribution is -2.44. The largest absolute Gasteiger partial charge is 0.339 e. The highest BCUT2D eigenvalue weighted by molar-refractivity contribution is 5.85. The van der Waals surface area contributed by atoms with Crippen molar-refractivity contribution in [2.75, 3.05) is 13.1 Å². The summed E-state index contributed by atoms with van der Waals surface area (Å²) in [5.74, 6) is 0.798. The van der Waals surface area contributed by atoms with E-state index in [2.05, 4.69) is 18.7 Å². The molecular formula is C13H27ClN2O. The van der Waals surface area contributed by atoms with Crippen LogP contribution in [0, 0.1) is 5.92 Å². The van der Waals surface area contributed by atoms with Crippen LogP contribution in [0.2, 0.25) is 0 Å². The van der Waals surface area contributed by atoms with Gasteiger partial charge in [-0.25, -0.2) is 0 Å². The Morgan fingerprint density at radius 3 is 2.35 bits per heavy atom. The van der Waals surface area contributed by atoms with E-state index in [1.165, 1.54) is 32.1 Å². The van der Waals surface area contributed by atoms with Gasteiger partial charge in [0.25, 0.3) is 0 Å². The molecular weight excluding hydrogens is 236 g/mol. The molecule has 0 aliphatic heterocycles. The maximum atomic E-state index is 12.0. The van der Waals surface area contributed by atoms with Gasteiger partial charge in [0.05, 0.1) is 0 Å². The average Bonchev–Trinajstić information content (AvgIpc) is 2.27. The van der Waals surface area contributed by atoms with Crippen LogP contribution in [0.1, 0.15) is 52.4 Å². The standard InChI is InChI=1S/C13H26N2O.ClH/c1-11(2)10-15(13(16)8-9-14)12-6-4-3-5-7-12;/h11-12H,3-10,14H2,1-2H3;1H. The van der Waals surface area contributed by atoms with Gasteiger partial charge in [0.1, 0.15) is 0 Å². The molecule has 3 nitrogen and oxygen atoms in total. The van der Waals surface area contributed by atoms with E-state index in [-0.39, 0.29) is 18.3 Å². The normalized spacial score (nSPS) is 16.7. The monoisotopic (exact) mass is 262 g/mol. The van der Waals surface area contributed by atoms with Crippen LogP contribution in [0.3, 0.4) is 0 Å². The highest BCUT2D eigenvalue weighted by Gasteiger charge is 2.25. The van der Waals surface area contributed by atoms with Gasteiger partial charge in [-0.1, -0.05) is 33.1 Å². The topological polar surface area (TPSA) is 46.3 Å². The van der Waals surface area contributed by atoms with Crippen molar-refractivity contribution < 1.29 is 4.79 Å². The second-order valence-corrected chi connectivity index (χ2v) is 5.27. The molecule has 0 radical (unpaired) electrons. The Hall–Kier alpha value is -0.280. The fraction of sp³-hybridized carbons (Fsp3) is 0.923. The summed E-state index contributed by atoms with van der Waals surface area (Å²) < 4.78 is 0. The summed E-state index contributed by atoms with van der Waals surface area (Å²) >= 11 is 0. The highest BCUT2D eigenvalue weighted by atomic mass is 35.5. The van der Waals surface area contributed by atoms with E-state index >= 15 is 0 Å². The van der Waals surface area contributed by atoms with E-state index in [0.29, 0.717) is 24.9 Å². The van der Waals surface area contributed by atoms with E-state index in [0.717, 1.165) is 6.54 Å². The van der Waals surface area contributed by atoms with E-state index in [4.69, 9.17) is 5.73 Å². The molecule has 102 valence electrons. The minimum Gasteiger partial charge on any atom is -0.339 e. The molecule has 1 rings (SSSR count). The van der Waals surface area contributed by atoms with Gasteiger partial charge in [-0.3, -0.25) is 4.79 Å². The number of halogens is 1. The molecule has 2 N–H and O–H groups in total. The molecule has 0 aromatic rings. The molecule has 1 aliphatic carbocycles. The zero-order chi connectivity index (χ0) is 12.0. The van der Waals surface area contributed by atoms with Gasteiger partial charge in [0, 0.05) is 25.6 Å². The van der Waals surface area contributed by atoms with E-state index < -0.39 is 0 Å². The summed E-state index contributed by atoms with van der Waals surface area (Å²) in [6.07, 6.45) is 6.75. The van der Waals surface area contributed by atoms with Crippen molar-refractivity contribution in [1.82, 2.24) is 4.90 Å². The molecule has 1 amide bonds. The fourth-order valence-corrected chi connectivity index (χ4v) is 2.51. The Labute approximate surface area is 112 Å². The number of nitrogens with zero attached hydrogens (tertiary/aromatic N) is 1. The number of amides is 1. The highest BCUT2D eigenvalue weighted by Crippen LogP contribution is 2.23. The zero-order valence-electron chi connectivity index (χ0n) is 11.2. The Balaban J connectivity index is 0.00000256. The zero-order valence-corrected chi connectivity index (χ0v) is 12.0. The molecule has 0 aromatic carbocycles. The van der Waals surface area contributed by atoms with Gasteiger partial charge in [0.2, 0.25) is 5.91 Å². The van der Waals surface area contributed by atoms with E-state index in [1.54, 1.807) is 0 Å². The number of nitrogens with two attached hydrogens (primary N) is 1. The Kier molecular flexibility index (Phi) is 8.61. The number of carbonyl (C=O) groups is 1. The van der Waals surface area contributed by atoms with Gasteiger partial charge >= 0.3 is 0 Å². The molecule has 0 spiro atoms. The lowest BCUT2D eigenvalue weighted by atomic mass is 9.93. The van der Waals surface area contributed by atoms with Crippen molar-refractivity contribution in [2.45, 2.75) is 58.4 Å². The molecule has 0 saturated heterocycles. The third kappa shape index (κ3) is 5.73. The number of hydrogen-bond acceptors (Lipinski definition) is 2. The first-order valence-electron chi connectivity index (χ1n) is 6.64. The van der Waals surface area contributed by atoms with Gasteiger partial charge in [0.15, 0.2) is 0 Å². The quantitative estimate of drug-likeness (QED) is 0.828. The number of hydrogen-bond donors (Lipinski definition) is 1. The van der Waals surface area contributed by atoms with Crippen molar-refractivity contribution in [3.8, 4) is 0 Å². The lowest BCUT2D eigenvalue weighted by Gasteiger charge is -2.35. The smallest absolute Gasteiger partial charge is 0.224 e. The van der Waals surface area contributed by atoms with Crippen LogP contribution in [-0.4, -0.2) is 29.9 Å². The van der Waals surface area contributed by atoms with Crippen molar-refractivity contribution in [2.24, 2.45) is 11.7 Å². The summed E-state index contributed by atoms with van der Waals surface area (Å²) in [4.78, 5) is 14.1. The Morgan fingerprint density at radius 1 is 1.29 bits per heavy atom. The first kappa shape index (κ1) is 16.7. The second kappa shape index (κ2) is 8.76. The number of rotatable bonds is 5. The van der Waals surface area contributed by atoms with E-state index in [1.807, 2.05) is 0 Å². The fourth-order valence-electron chi connectivity index (χ4n) is 2.51. The van der Waals surface area contributed by atoms with E-state index in [9.17, 15) is 4.79 Å². The molecule has 4 heteroatoms. The molecule has 0 atom stereocenters. The Bertz CT molecular complexity index is 215. The summed E-state index contributed by atoms with van der Waals surface area (Å²) in [5.41, 5.74) is 5.48. The third-order valence-corrected chi connectivity index (χ3v) is 3.26. The third-order valence-electron chi connectivity index (χ3n) is 3.26.